The summed E-state index contributed by atoms with van der Waals surface area (Å²) in [5.74, 6) is -0.0865. The van der Waals surface area contributed by atoms with Gasteiger partial charge in [0.2, 0.25) is 11.8 Å². The van der Waals surface area contributed by atoms with Crippen molar-refractivity contribution in [3.8, 4) is 5.75 Å². The highest BCUT2D eigenvalue weighted by molar-refractivity contribution is 5.80. The number of methoxy groups -OCH3 is 1. The van der Waals surface area contributed by atoms with E-state index < -0.39 is 5.54 Å². The van der Waals surface area contributed by atoms with E-state index in [1.807, 2.05) is 0 Å². The summed E-state index contributed by atoms with van der Waals surface area (Å²) in [7, 11) is 1.48. The summed E-state index contributed by atoms with van der Waals surface area (Å²) in [6.45, 7) is 3.96. The standard InChI is InChI=1S/C18H23FN2O3/c1-3-10-20-16(22)6-8-18(9-7-17(23)21-18)12-13-4-5-14(24-2)11-15(13)19/h3-5,11H,1,6-10,12H2,2H3,(H,20,22)(H,21,23). The molecule has 1 fully saturated rings. The van der Waals surface area contributed by atoms with E-state index in [4.69, 9.17) is 4.74 Å². The number of amides is 2. The molecule has 24 heavy (non-hydrogen) atoms. The third kappa shape index (κ3) is 4.57. The number of hydrogen-bond donors (Lipinski definition) is 2. The number of halogens is 1. The van der Waals surface area contributed by atoms with Crippen molar-refractivity contribution in [2.24, 2.45) is 0 Å². The number of carbonyl (C=O) groups excluding carboxylic acids is 2. The summed E-state index contributed by atoms with van der Waals surface area (Å²) in [5.41, 5.74) is -0.0811. The van der Waals surface area contributed by atoms with E-state index in [9.17, 15) is 14.0 Å². The van der Waals surface area contributed by atoms with Gasteiger partial charge < -0.3 is 15.4 Å². The van der Waals surface area contributed by atoms with Crippen LogP contribution in [0.3, 0.4) is 0 Å². The van der Waals surface area contributed by atoms with Crippen molar-refractivity contribution < 1.29 is 18.7 Å². The molecule has 1 atom stereocenters. The quantitative estimate of drug-likeness (QED) is 0.716. The molecular formula is C18H23FN2O3. The van der Waals surface area contributed by atoms with Gasteiger partial charge in [0.05, 0.1) is 7.11 Å². The van der Waals surface area contributed by atoms with Crippen LogP contribution in [-0.4, -0.2) is 31.0 Å². The van der Waals surface area contributed by atoms with Crippen LogP contribution in [0.25, 0.3) is 0 Å². The van der Waals surface area contributed by atoms with Crippen molar-refractivity contribution in [3.63, 3.8) is 0 Å². The van der Waals surface area contributed by atoms with Gasteiger partial charge in [-0.05, 0) is 30.9 Å². The molecule has 0 saturated carbocycles. The van der Waals surface area contributed by atoms with Crippen LogP contribution in [0.1, 0.15) is 31.2 Å². The Labute approximate surface area is 141 Å². The van der Waals surface area contributed by atoms with Crippen molar-refractivity contribution in [2.75, 3.05) is 13.7 Å². The molecule has 1 unspecified atom stereocenters. The first kappa shape index (κ1) is 18.0. The molecule has 0 radical (unpaired) electrons. The molecule has 1 aromatic carbocycles. The topological polar surface area (TPSA) is 67.4 Å². The fourth-order valence-corrected chi connectivity index (χ4v) is 2.97. The fourth-order valence-electron chi connectivity index (χ4n) is 2.97. The number of ether oxygens (including phenoxy) is 1. The average molecular weight is 334 g/mol. The molecule has 2 amide bonds. The predicted molar refractivity (Wildman–Crippen MR) is 89.2 cm³/mol. The number of nitrogens with one attached hydrogen (secondary N) is 2. The summed E-state index contributed by atoms with van der Waals surface area (Å²) in [5, 5.41) is 5.66. The summed E-state index contributed by atoms with van der Waals surface area (Å²) in [6.07, 6.45) is 3.68. The molecule has 0 spiro atoms. The third-order valence-electron chi connectivity index (χ3n) is 4.30. The molecule has 130 valence electrons. The maximum Gasteiger partial charge on any atom is 0.220 e. The maximum atomic E-state index is 14.2. The van der Waals surface area contributed by atoms with Gasteiger partial charge in [-0.25, -0.2) is 4.39 Å². The van der Waals surface area contributed by atoms with Gasteiger partial charge in [-0.1, -0.05) is 12.1 Å². The third-order valence-corrected chi connectivity index (χ3v) is 4.30. The second-order valence-electron chi connectivity index (χ2n) is 6.06. The largest absolute Gasteiger partial charge is 0.497 e. The minimum absolute atomic E-state index is 0.0598. The van der Waals surface area contributed by atoms with E-state index in [2.05, 4.69) is 17.2 Å². The normalized spacial score (nSPS) is 19.7. The molecule has 5 nitrogen and oxygen atoms in total. The highest BCUT2D eigenvalue weighted by Crippen LogP contribution is 2.31. The van der Waals surface area contributed by atoms with Gasteiger partial charge in [0.25, 0.3) is 0 Å². The average Bonchev–Trinajstić information content (AvgIpc) is 2.94. The monoisotopic (exact) mass is 334 g/mol. The predicted octanol–water partition coefficient (Wildman–Crippen LogP) is 2.11. The van der Waals surface area contributed by atoms with E-state index in [1.54, 1.807) is 18.2 Å². The van der Waals surface area contributed by atoms with Crippen LogP contribution in [0.5, 0.6) is 5.75 Å². The summed E-state index contributed by atoms with van der Waals surface area (Å²) >= 11 is 0. The van der Waals surface area contributed by atoms with Gasteiger partial charge in [-0.2, -0.15) is 0 Å². The van der Waals surface area contributed by atoms with E-state index in [1.165, 1.54) is 13.2 Å². The molecule has 2 rings (SSSR count). The van der Waals surface area contributed by atoms with Crippen molar-refractivity contribution in [3.05, 3.63) is 42.2 Å². The van der Waals surface area contributed by atoms with Crippen LogP contribution in [0.4, 0.5) is 4.39 Å². The van der Waals surface area contributed by atoms with Gasteiger partial charge in [-0.3, -0.25) is 9.59 Å². The lowest BCUT2D eigenvalue weighted by Crippen LogP contribution is -2.44. The second kappa shape index (κ2) is 7.95. The lowest BCUT2D eigenvalue weighted by atomic mass is 9.84. The highest BCUT2D eigenvalue weighted by Gasteiger charge is 2.38. The number of hydrogen-bond acceptors (Lipinski definition) is 3. The summed E-state index contributed by atoms with van der Waals surface area (Å²) in [4.78, 5) is 23.5. The van der Waals surface area contributed by atoms with Gasteiger partial charge in [0, 0.05) is 31.0 Å². The van der Waals surface area contributed by atoms with Crippen LogP contribution < -0.4 is 15.4 Å². The van der Waals surface area contributed by atoms with Crippen molar-refractivity contribution in [1.82, 2.24) is 10.6 Å². The Hall–Kier alpha value is -2.37. The van der Waals surface area contributed by atoms with Crippen LogP contribution in [0, 0.1) is 5.82 Å². The lowest BCUT2D eigenvalue weighted by molar-refractivity contribution is -0.122. The zero-order valence-electron chi connectivity index (χ0n) is 13.9. The van der Waals surface area contributed by atoms with E-state index >= 15 is 0 Å². The first-order chi connectivity index (χ1) is 11.5. The Bertz CT molecular complexity index is 633. The molecule has 1 aliphatic heterocycles. The first-order valence-corrected chi connectivity index (χ1v) is 7.99. The molecule has 0 aromatic heterocycles. The number of rotatable bonds is 8. The maximum absolute atomic E-state index is 14.2. The van der Waals surface area contributed by atoms with Gasteiger partial charge in [-0.15, -0.1) is 6.58 Å². The molecule has 1 aliphatic rings. The Morgan fingerprint density at radius 2 is 2.33 bits per heavy atom. The molecule has 1 aromatic rings. The molecule has 0 aliphatic carbocycles. The van der Waals surface area contributed by atoms with Gasteiger partial charge in [0.1, 0.15) is 11.6 Å². The molecular weight excluding hydrogens is 311 g/mol. The zero-order chi connectivity index (χ0) is 17.6. The Balaban J connectivity index is 2.09. The Morgan fingerprint density at radius 1 is 1.54 bits per heavy atom. The summed E-state index contributed by atoms with van der Waals surface area (Å²) in [6, 6.07) is 4.69. The minimum atomic E-state index is -0.585. The van der Waals surface area contributed by atoms with Crippen LogP contribution in [0.2, 0.25) is 0 Å². The van der Waals surface area contributed by atoms with E-state index in [0.717, 1.165) is 0 Å². The van der Waals surface area contributed by atoms with Crippen molar-refractivity contribution in [1.29, 1.82) is 0 Å². The molecule has 1 saturated heterocycles. The fraction of sp³-hybridized carbons (Fsp3) is 0.444. The summed E-state index contributed by atoms with van der Waals surface area (Å²) < 4.78 is 19.2. The van der Waals surface area contributed by atoms with E-state index in [-0.39, 0.29) is 24.1 Å². The minimum Gasteiger partial charge on any atom is -0.497 e. The van der Waals surface area contributed by atoms with E-state index in [0.29, 0.717) is 43.5 Å². The number of carbonyl (C=O) groups is 2. The van der Waals surface area contributed by atoms with Gasteiger partial charge in [0.15, 0.2) is 0 Å². The smallest absolute Gasteiger partial charge is 0.220 e. The van der Waals surface area contributed by atoms with Crippen molar-refractivity contribution in [2.45, 2.75) is 37.6 Å². The highest BCUT2D eigenvalue weighted by atomic mass is 19.1. The Morgan fingerprint density at radius 3 is 2.92 bits per heavy atom. The van der Waals surface area contributed by atoms with Crippen molar-refractivity contribution >= 4 is 11.8 Å². The molecule has 2 N–H and O–H groups in total. The molecule has 1 heterocycles. The second-order valence-corrected chi connectivity index (χ2v) is 6.06. The Kier molecular flexibility index (Phi) is 5.95. The molecule has 6 heteroatoms. The van der Waals surface area contributed by atoms with Gasteiger partial charge >= 0.3 is 0 Å². The van der Waals surface area contributed by atoms with Crippen LogP contribution in [0.15, 0.2) is 30.9 Å². The first-order valence-electron chi connectivity index (χ1n) is 7.99. The lowest BCUT2D eigenvalue weighted by Gasteiger charge is -2.29. The zero-order valence-corrected chi connectivity index (χ0v) is 13.9. The SMILES string of the molecule is C=CCNC(=O)CCC1(Cc2ccc(OC)cc2F)CCC(=O)N1. The van der Waals surface area contributed by atoms with Crippen LogP contribution >= 0.6 is 0 Å². The number of benzene rings is 1. The molecule has 0 bridgehead atoms. The van der Waals surface area contributed by atoms with Crippen LogP contribution in [-0.2, 0) is 16.0 Å².